The maximum absolute atomic E-state index is 12.7. The standard InChI is InChI=1S/C22H29N3O3/c1-16-9-10-20(28-16)22(27)23-19-11-13-25(14-12-19)15-21(26)24(3)17(2)18-7-5-4-6-8-18/h4-10,17,19H,11-15H2,1-3H3,(H,23,27). The van der Waals surface area contributed by atoms with Crippen LogP contribution in [0.5, 0.6) is 0 Å². The molecule has 1 atom stereocenters. The van der Waals surface area contributed by atoms with Crippen molar-refractivity contribution < 1.29 is 14.0 Å². The van der Waals surface area contributed by atoms with Gasteiger partial charge in [-0.15, -0.1) is 0 Å². The minimum Gasteiger partial charge on any atom is -0.456 e. The van der Waals surface area contributed by atoms with E-state index in [1.807, 2.05) is 56.1 Å². The lowest BCUT2D eigenvalue weighted by Gasteiger charge is -2.34. The number of nitrogens with zero attached hydrogens (tertiary/aromatic N) is 2. The molecule has 1 N–H and O–H groups in total. The number of rotatable bonds is 6. The zero-order valence-corrected chi connectivity index (χ0v) is 16.9. The van der Waals surface area contributed by atoms with Crippen molar-refractivity contribution in [3.05, 3.63) is 59.5 Å². The molecule has 0 bridgehead atoms. The molecule has 0 saturated carbocycles. The average Bonchev–Trinajstić information content (AvgIpc) is 3.15. The van der Waals surface area contributed by atoms with Crippen molar-refractivity contribution in [2.45, 2.75) is 38.8 Å². The van der Waals surface area contributed by atoms with Gasteiger partial charge in [0.15, 0.2) is 5.76 Å². The monoisotopic (exact) mass is 383 g/mol. The van der Waals surface area contributed by atoms with Crippen LogP contribution in [0.4, 0.5) is 0 Å². The molecular formula is C22H29N3O3. The molecule has 0 radical (unpaired) electrons. The van der Waals surface area contributed by atoms with E-state index in [-0.39, 0.29) is 23.9 Å². The summed E-state index contributed by atoms with van der Waals surface area (Å²) in [5, 5.41) is 3.03. The molecule has 1 aromatic carbocycles. The van der Waals surface area contributed by atoms with Gasteiger partial charge in [0.1, 0.15) is 5.76 Å². The number of piperidine rings is 1. The first-order chi connectivity index (χ1) is 13.4. The first kappa shape index (κ1) is 20.1. The minimum atomic E-state index is -0.168. The molecule has 1 fully saturated rings. The molecule has 28 heavy (non-hydrogen) atoms. The quantitative estimate of drug-likeness (QED) is 0.833. The van der Waals surface area contributed by atoms with Crippen molar-refractivity contribution >= 4 is 11.8 Å². The molecule has 6 heteroatoms. The van der Waals surface area contributed by atoms with Crippen LogP contribution >= 0.6 is 0 Å². The van der Waals surface area contributed by atoms with Gasteiger partial charge in [-0.25, -0.2) is 0 Å². The fourth-order valence-corrected chi connectivity index (χ4v) is 3.52. The predicted molar refractivity (Wildman–Crippen MR) is 108 cm³/mol. The van der Waals surface area contributed by atoms with Crippen LogP contribution in [0, 0.1) is 6.92 Å². The van der Waals surface area contributed by atoms with E-state index in [0.29, 0.717) is 12.3 Å². The third kappa shape index (κ3) is 5.01. The Bertz CT molecular complexity index is 794. The minimum absolute atomic E-state index is 0.0438. The van der Waals surface area contributed by atoms with E-state index >= 15 is 0 Å². The molecule has 2 amide bonds. The summed E-state index contributed by atoms with van der Waals surface area (Å²) in [5.74, 6) is 1.03. The van der Waals surface area contributed by atoms with Gasteiger partial charge in [-0.05, 0) is 44.4 Å². The van der Waals surface area contributed by atoms with Gasteiger partial charge >= 0.3 is 0 Å². The Kier molecular flexibility index (Phi) is 6.52. The van der Waals surface area contributed by atoms with Crippen molar-refractivity contribution in [2.75, 3.05) is 26.7 Å². The summed E-state index contributed by atoms with van der Waals surface area (Å²) in [6, 6.07) is 13.7. The van der Waals surface area contributed by atoms with Crippen molar-refractivity contribution in [3.8, 4) is 0 Å². The number of likely N-dealkylation sites (N-methyl/N-ethyl adjacent to an activating group) is 1. The third-order valence-electron chi connectivity index (χ3n) is 5.50. The Hall–Kier alpha value is -2.60. The smallest absolute Gasteiger partial charge is 0.287 e. The molecule has 1 aromatic heterocycles. The number of likely N-dealkylation sites (tertiary alicyclic amines) is 1. The molecule has 2 aromatic rings. The van der Waals surface area contributed by atoms with Gasteiger partial charge in [0.25, 0.3) is 5.91 Å². The summed E-state index contributed by atoms with van der Waals surface area (Å²) in [4.78, 5) is 28.9. The second-order valence-corrected chi connectivity index (χ2v) is 7.53. The largest absolute Gasteiger partial charge is 0.456 e. The van der Waals surface area contributed by atoms with Crippen LogP contribution in [0.25, 0.3) is 0 Å². The van der Waals surface area contributed by atoms with Crippen LogP contribution in [-0.4, -0.2) is 54.3 Å². The van der Waals surface area contributed by atoms with E-state index in [4.69, 9.17) is 4.42 Å². The molecule has 3 rings (SSSR count). The van der Waals surface area contributed by atoms with Crippen LogP contribution in [0.2, 0.25) is 0 Å². The molecule has 1 saturated heterocycles. The zero-order valence-electron chi connectivity index (χ0n) is 16.9. The number of aryl methyl sites for hydroxylation is 1. The lowest BCUT2D eigenvalue weighted by atomic mass is 10.0. The van der Waals surface area contributed by atoms with Crippen molar-refractivity contribution in [1.82, 2.24) is 15.1 Å². The highest BCUT2D eigenvalue weighted by Crippen LogP contribution is 2.19. The zero-order chi connectivity index (χ0) is 20.1. The molecule has 1 aliphatic heterocycles. The van der Waals surface area contributed by atoms with Gasteiger partial charge in [0, 0.05) is 26.2 Å². The summed E-state index contributed by atoms with van der Waals surface area (Å²) in [6.07, 6.45) is 1.66. The van der Waals surface area contributed by atoms with Crippen LogP contribution in [0.3, 0.4) is 0 Å². The highest BCUT2D eigenvalue weighted by molar-refractivity contribution is 5.91. The average molecular weight is 383 g/mol. The van der Waals surface area contributed by atoms with E-state index in [9.17, 15) is 9.59 Å². The molecular weight excluding hydrogens is 354 g/mol. The molecule has 0 spiro atoms. The second-order valence-electron chi connectivity index (χ2n) is 7.53. The molecule has 1 aliphatic rings. The SMILES string of the molecule is Cc1ccc(C(=O)NC2CCN(CC(=O)N(C)C(C)c3ccccc3)CC2)o1. The van der Waals surface area contributed by atoms with E-state index in [0.717, 1.165) is 37.3 Å². The highest BCUT2D eigenvalue weighted by atomic mass is 16.3. The summed E-state index contributed by atoms with van der Waals surface area (Å²) < 4.78 is 5.37. The van der Waals surface area contributed by atoms with E-state index < -0.39 is 0 Å². The fourth-order valence-electron chi connectivity index (χ4n) is 3.52. The van der Waals surface area contributed by atoms with Crippen LogP contribution < -0.4 is 5.32 Å². The number of nitrogens with one attached hydrogen (secondary N) is 1. The Balaban J connectivity index is 1.44. The molecule has 6 nitrogen and oxygen atoms in total. The van der Waals surface area contributed by atoms with Crippen LogP contribution in [-0.2, 0) is 4.79 Å². The number of hydrogen-bond acceptors (Lipinski definition) is 4. The number of amides is 2. The fraction of sp³-hybridized carbons (Fsp3) is 0.455. The lowest BCUT2D eigenvalue weighted by molar-refractivity contribution is -0.133. The first-order valence-corrected chi connectivity index (χ1v) is 9.84. The number of carbonyl (C=O) groups excluding carboxylic acids is 2. The molecule has 1 unspecified atom stereocenters. The maximum atomic E-state index is 12.7. The van der Waals surface area contributed by atoms with Gasteiger partial charge < -0.3 is 14.6 Å². The number of furan rings is 1. The van der Waals surface area contributed by atoms with Gasteiger partial charge in [-0.2, -0.15) is 0 Å². The van der Waals surface area contributed by atoms with Crippen molar-refractivity contribution in [3.63, 3.8) is 0 Å². The van der Waals surface area contributed by atoms with Gasteiger partial charge in [-0.1, -0.05) is 30.3 Å². The number of hydrogen-bond donors (Lipinski definition) is 1. The second kappa shape index (κ2) is 9.06. The van der Waals surface area contributed by atoms with Crippen LogP contribution in [0.1, 0.15) is 47.7 Å². The molecule has 0 aliphatic carbocycles. The summed E-state index contributed by atoms with van der Waals surface area (Å²) in [5.41, 5.74) is 1.13. The third-order valence-corrected chi connectivity index (χ3v) is 5.50. The normalized spacial score (nSPS) is 16.5. The van der Waals surface area contributed by atoms with E-state index in [1.54, 1.807) is 12.1 Å². The lowest BCUT2D eigenvalue weighted by Crippen LogP contribution is -2.47. The van der Waals surface area contributed by atoms with Crippen LogP contribution in [0.15, 0.2) is 46.9 Å². The van der Waals surface area contributed by atoms with Crippen molar-refractivity contribution in [1.29, 1.82) is 0 Å². The van der Waals surface area contributed by atoms with E-state index in [2.05, 4.69) is 10.2 Å². The summed E-state index contributed by atoms with van der Waals surface area (Å²) in [6.45, 7) is 5.86. The van der Waals surface area contributed by atoms with Gasteiger partial charge in [0.2, 0.25) is 5.91 Å². The van der Waals surface area contributed by atoms with Gasteiger partial charge in [0.05, 0.1) is 12.6 Å². The van der Waals surface area contributed by atoms with Gasteiger partial charge in [-0.3, -0.25) is 14.5 Å². The Morgan fingerprint density at radius 3 is 2.46 bits per heavy atom. The molecule has 2 heterocycles. The Labute approximate surface area is 166 Å². The maximum Gasteiger partial charge on any atom is 0.287 e. The first-order valence-electron chi connectivity index (χ1n) is 9.84. The number of benzene rings is 1. The topological polar surface area (TPSA) is 65.8 Å². The highest BCUT2D eigenvalue weighted by Gasteiger charge is 2.25. The predicted octanol–water partition coefficient (Wildman–Crippen LogP) is 3.00. The molecule has 150 valence electrons. The van der Waals surface area contributed by atoms with Crippen molar-refractivity contribution in [2.24, 2.45) is 0 Å². The Morgan fingerprint density at radius 1 is 1.18 bits per heavy atom. The summed E-state index contributed by atoms with van der Waals surface area (Å²) >= 11 is 0. The van der Waals surface area contributed by atoms with E-state index in [1.165, 1.54) is 0 Å². The Morgan fingerprint density at radius 2 is 1.86 bits per heavy atom. The summed E-state index contributed by atoms with van der Waals surface area (Å²) in [7, 11) is 1.86. The number of carbonyl (C=O) groups is 2.